The third kappa shape index (κ3) is 2.63. The lowest BCUT2D eigenvalue weighted by Crippen LogP contribution is -2.03. The second kappa shape index (κ2) is 6.26. The van der Waals surface area contributed by atoms with Crippen LogP contribution < -0.4 is 14.8 Å². The summed E-state index contributed by atoms with van der Waals surface area (Å²) < 4.78 is 10.7. The Labute approximate surface area is 128 Å². The Bertz CT molecular complexity index is 778. The molecule has 6 heteroatoms. The second-order valence-electron chi connectivity index (χ2n) is 4.63. The van der Waals surface area contributed by atoms with E-state index in [0.29, 0.717) is 23.6 Å². The molecule has 0 amide bonds. The van der Waals surface area contributed by atoms with Gasteiger partial charge in [0.15, 0.2) is 11.5 Å². The maximum absolute atomic E-state index is 5.42. The number of anilines is 1. The average Bonchev–Trinajstić information content (AvgIpc) is 2.59. The zero-order valence-corrected chi connectivity index (χ0v) is 12.4. The fraction of sp³-hybridized carbons (Fsp3) is 0.188. The van der Waals surface area contributed by atoms with Crippen LogP contribution >= 0.6 is 0 Å². The van der Waals surface area contributed by atoms with Gasteiger partial charge in [0, 0.05) is 24.3 Å². The molecule has 3 rings (SSSR count). The minimum Gasteiger partial charge on any atom is -0.493 e. The molecule has 2 aromatic heterocycles. The van der Waals surface area contributed by atoms with Crippen LogP contribution in [0.5, 0.6) is 11.5 Å². The molecule has 0 fully saturated rings. The summed E-state index contributed by atoms with van der Waals surface area (Å²) in [4.78, 5) is 12.6. The third-order valence-corrected chi connectivity index (χ3v) is 3.36. The van der Waals surface area contributed by atoms with Crippen molar-refractivity contribution in [2.75, 3.05) is 19.5 Å². The van der Waals surface area contributed by atoms with Crippen LogP contribution in [0.25, 0.3) is 10.9 Å². The van der Waals surface area contributed by atoms with Crippen LogP contribution in [0.4, 0.5) is 5.82 Å². The number of methoxy groups -OCH3 is 2. The summed E-state index contributed by atoms with van der Waals surface area (Å²) >= 11 is 0. The van der Waals surface area contributed by atoms with Crippen molar-refractivity contribution in [2.24, 2.45) is 0 Å². The lowest BCUT2D eigenvalue weighted by atomic mass is 10.2. The summed E-state index contributed by atoms with van der Waals surface area (Å²) in [5.41, 5.74) is 1.84. The highest BCUT2D eigenvalue weighted by molar-refractivity contribution is 5.94. The van der Waals surface area contributed by atoms with Crippen LogP contribution in [-0.2, 0) is 6.54 Å². The van der Waals surface area contributed by atoms with Crippen molar-refractivity contribution in [1.29, 1.82) is 0 Å². The van der Waals surface area contributed by atoms with Crippen molar-refractivity contribution >= 4 is 16.7 Å². The number of benzene rings is 1. The molecule has 0 spiro atoms. The molecule has 6 nitrogen and oxygen atoms in total. The van der Waals surface area contributed by atoms with Crippen LogP contribution in [0.15, 0.2) is 43.0 Å². The number of nitrogens with one attached hydrogen (secondary N) is 1. The molecule has 3 aromatic rings. The van der Waals surface area contributed by atoms with Gasteiger partial charge in [-0.25, -0.2) is 9.97 Å². The van der Waals surface area contributed by atoms with Crippen LogP contribution in [0.2, 0.25) is 0 Å². The minimum atomic E-state index is 0.606. The first-order valence-electron chi connectivity index (χ1n) is 6.82. The maximum Gasteiger partial charge on any atom is 0.187 e. The highest BCUT2D eigenvalue weighted by atomic mass is 16.5. The Kier molecular flexibility index (Phi) is 4.00. The lowest BCUT2D eigenvalue weighted by molar-refractivity contribution is 0.358. The largest absolute Gasteiger partial charge is 0.493 e. The molecule has 1 aromatic carbocycles. The second-order valence-corrected chi connectivity index (χ2v) is 4.63. The van der Waals surface area contributed by atoms with E-state index >= 15 is 0 Å². The fourth-order valence-corrected chi connectivity index (χ4v) is 2.27. The Morgan fingerprint density at radius 3 is 2.55 bits per heavy atom. The van der Waals surface area contributed by atoms with Gasteiger partial charge in [0.1, 0.15) is 17.7 Å². The van der Waals surface area contributed by atoms with Gasteiger partial charge in [0.2, 0.25) is 0 Å². The highest BCUT2D eigenvalue weighted by Crippen LogP contribution is 2.35. The number of nitrogens with zero attached hydrogens (tertiary/aromatic N) is 3. The van der Waals surface area contributed by atoms with Crippen molar-refractivity contribution in [2.45, 2.75) is 6.54 Å². The van der Waals surface area contributed by atoms with E-state index in [1.807, 2.05) is 24.3 Å². The van der Waals surface area contributed by atoms with E-state index in [9.17, 15) is 0 Å². The first-order valence-corrected chi connectivity index (χ1v) is 6.82. The van der Waals surface area contributed by atoms with Gasteiger partial charge in [-0.2, -0.15) is 0 Å². The smallest absolute Gasteiger partial charge is 0.187 e. The molecule has 2 heterocycles. The summed E-state index contributed by atoms with van der Waals surface area (Å²) in [5, 5.41) is 4.20. The van der Waals surface area contributed by atoms with Crippen molar-refractivity contribution in [3.05, 3.63) is 48.5 Å². The van der Waals surface area contributed by atoms with Crippen LogP contribution in [0.1, 0.15) is 5.56 Å². The summed E-state index contributed by atoms with van der Waals surface area (Å²) in [6.45, 7) is 0.656. The molecule has 112 valence electrons. The molecule has 1 N–H and O–H groups in total. The quantitative estimate of drug-likeness (QED) is 0.780. The van der Waals surface area contributed by atoms with Crippen molar-refractivity contribution in [3.63, 3.8) is 0 Å². The van der Waals surface area contributed by atoms with Gasteiger partial charge in [-0.05, 0) is 29.8 Å². The number of fused-ring (bicyclic) bond motifs is 1. The van der Waals surface area contributed by atoms with Crippen molar-refractivity contribution < 1.29 is 9.47 Å². The molecular weight excluding hydrogens is 280 g/mol. The van der Waals surface area contributed by atoms with Crippen LogP contribution in [0, 0.1) is 0 Å². The van der Waals surface area contributed by atoms with Gasteiger partial charge in [0.25, 0.3) is 0 Å². The molecule has 0 saturated heterocycles. The molecule has 0 bridgehead atoms. The zero-order valence-electron chi connectivity index (χ0n) is 12.4. The summed E-state index contributed by atoms with van der Waals surface area (Å²) in [6.07, 6.45) is 5.05. The Morgan fingerprint density at radius 2 is 1.82 bits per heavy atom. The molecule has 0 saturated carbocycles. The lowest BCUT2D eigenvalue weighted by Gasteiger charge is -2.12. The summed E-state index contributed by atoms with van der Waals surface area (Å²) in [7, 11) is 3.21. The fourth-order valence-electron chi connectivity index (χ4n) is 2.27. The standard InChI is InChI=1S/C16H16N4O2/c1-21-13-4-3-12-14(15(13)22-2)19-10-20-16(12)18-9-11-5-7-17-8-6-11/h3-8,10H,9H2,1-2H3,(H,18,19,20). The number of pyridine rings is 1. The number of rotatable bonds is 5. The first kappa shape index (κ1) is 14.1. The minimum absolute atomic E-state index is 0.606. The zero-order chi connectivity index (χ0) is 15.4. The predicted molar refractivity (Wildman–Crippen MR) is 84.2 cm³/mol. The van der Waals surface area contributed by atoms with Gasteiger partial charge in [0.05, 0.1) is 14.2 Å². The van der Waals surface area contributed by atoms with Gasteiger partial charge < -0.3 is 14.8 Å². The topological polar surface area (TPSA) is 69.2 Å². The molecule has 0 atom stereocenters. The van der Waals surface area contributed by atoms with E-state index < -0.39 is 0 Å². The number of hydrogen-bond acceptors (Lipinski definition) is 6. The molecule has 0 aliphatic heterocycles. The van der Waals surface area contributed by atoms with Crippen molar-refractivity contribution in [1.82, 2.24) is 15.0 Å². The maximum atomic E-state index is 5.42. The monoisotopic (exact) mass is 296 g/mol. The Hall–Kier alpha value is -2.89. The SMILES string of the molecule is COc1ccc2c(NCc3ccncc3)ncnc2c1OC. The normalized spacial score (nSPS) is 10.5. The summed E-state index contributed by atoms with van der Waals surface area (Å²) in [5.74, 6) is 2.01. The van der Waals surface area contributed by atoms with E-state index in [-0.39, 0.29) is 0 Å². The molecule has 0 aliphatic carbocycles. The van der Waals surface area contributed by atoms with Crippen LogP contribution in [0.3, 0.4) is 0 Å². The van der Waals surface area contributed by atoms with Gasteiger partial charge in [-0.15, -0.1) is 0 Å². The Morgan fingerprint density at radius 1 is 1.00 bits per heavy atom. The van der Waals surface area contributed by atoms with E-state index in [4.69, 9.17) is 9.47 Å². The number of aromatic nitrogens is 3. The molecule has 22 heavy (non-hydrogen) atoms. The van der Waals surface area contributed by atoms with E-state index in [1.54, 1.807) is 26.6 Å². The predicted octanol–water partition coefficient (Wildman–Crippen LogP) is 2.65. The third-order valence-electron chi connectivity index (χ3n) is 3.36. The van der Waals surface area contributed by atoms with Crippen LogP contribution in [-0.4, -0.2) is 29.2 Å². The van der Waals surface area contributed by atoms with Gasteiger partial charge in [-0.3, -0.25) is 4.98 Å². The number of ether oxygens (including phenoxy) is 2. The molecule has 0 aliphatic rings. The molecule has 0 unspecified atom stereocenters. The highest BCUT2D eigenvalue weighted by Gasteiger charge is 2.13. The Balaban J connectivity index is 1.97. The summed E-state index contributed by atoms with van der Waals surface area (Å²) in [6, 6.07) is 7.69. The van der Waals surface area contributed by atoms with Gasteiger partial charge in [-0.1, -0.05) is 0 Å². The molecule has 0 radical (unpaired) electrons. The number of hydrogen-bond donors (Lipinski definition) is 1. The molecular formula is C16H16N4O2. The van der Waals surface area contributed by atoms with Crippen molar-refractivity contribution in [3.8, 4) is 11.5 Å². The average molecular weight is 296 g/mol. The van der Waals surface area contributed by atoms with E-state index in [2.05, 4.69) is 20.3 Å². The first-order chi connectivity index (χ1) is 10.8. The van der Waals surface area contributed by atoms with E-state index in [0.717, 1.165) is 16.8 Å². The van der Waals surface area contributed by atoms with Gasteiger partial charge >= 0.3 is 0 Å². The van der Waals surface area contributed by atoms with E-state index in [1.165, 1.54) is 6.33 Å².